The molecule has 1 saturated heterocycles. The topological polar surface area (TPSA) is 21.3 Å². The molecule has 118 valence electrons. The molecule has 1 fully saturated rings. The molecule has 2 heteroatoms. The monoisotopic (exact) mass is 289 g/mol. The minimum absolute atomic E-state index is 0.367. The Morgan fingerprint density at radius 2 is 1.86 bits per heavy atom. The first-order valence-electron chi connectivity index (χ1n) is 8.46. The molecule has 2 rings (SSSR count). The molecule has 1 heterocycles. The van der Waals surface area contributed by atoms with Crippen LogP contribution in [0.2, 0.25) is 0 Å². The van der Waals surface area contributed by atoms with Crippen molar-refractivity contribution in [1.82, 2.24) is 5.32 Å². The van der Waals surface area contributed by atoms with E-state index in [-0.39, 0.29) is 0 Å². The van der Waals surface area contributed by atoms with Gasteiger partial charge in [0.1, 0.15) is 0 Å². The normalized spacial score (nSPS) is 23.5. The van der Waals surface area contributed by atoms with E-state index in [1.807, 2.05) is 0 Å². The molecule has 2 nitrogen and oxygen atoms in total. The summed E-state index contributed by atoms with van der Waals surface area (Å²) in [7, 11) is 0. The van der Waals surface area contributed by atoms with Crippen LogP contribution in [0, 0.1) is 20.8 Å². The third kappa shape index (κ3) is 4.31. The number of benzene rings is 1. The lowest BCUT2D eigenvalue weighted by Gasteiger charge is -2.26. The van der Waals surface area contributed by atoms with Crippen LogP contribution in [0.3, 0.4) is 0 Å². The Kier molecular flexibility index (Phi) is 5.83. The predicted molar refractivity (Wildman–Crippen MR) is 90.0 cm³/mol. The van der Waals surface area contributed by atoms with Crippen LogP contribution in [-0.4, -0.2) is 24.8 Å². The van der Waals surface area contributed by atoms with Crippen molar-refractivity contribution in [3.63, 3.8) is 0 Å². The minimum atomic E-state index is 0.367. The highest BCUT2D eigenvalue weighted by Gasteiger charge is 2.29. The van der Waals surface area contributed by atoms with E-state index in [4.69, 9.17) is 4.74 Å². The maximum absolute atomic E-state index is 6.13. The van der Waals surface area contributed by atoms with Crippen LogP contribution in [0.5, 0.6) is 0 Å². The fourth-order valence-electron chi connectivity index (χ4n) is 3.55. The summed E-state index contributed by atoms with van der Waals surface area (Å²) in [6.07, 6.45) is 5.42. The van der Waals surface area contributed by atoms with Crippen molar-refractivity contribution in [2.75, 3.05) is 6.54 Å². The average molecular weight is 289 g/mol. The Morgan fingerprint density at radius 1 is 1.19 bits per heavy atom. The van der Waals surface area contributed by atoms with Gasteiger partial charge in [0.05, 0.1) is 12.2 Å². The zero-order chi connectivity index (χ0) is 15.4. The Morgan fingerprint density at radius 3 is 2.38 bits per heavy atom. The predicted octanol–water partition coefficient (Wildman–Crippen LogP) is 4.09. The number of hydrogen-bond acceptors (Lipinski definition) is 2. The highest BCUT2D eigenvalue weighted by atomic mass is 16.5. The van der Waals surface area contributed by atoms with E-state index >= 15 is 0 Å². The minimum Gasteiger partial charge on any atom is -0.374 e. The SMILES string of the molecule is CCCNC(Cc1c(C)cc(C)cc1C)C1CCC(C)O1. The molecule has 3 atom stereocenters. The molecule has 0 amide bonds. The standard InChI is InChI=1S/C19H31NO/c1-6-9-20-18(19-8-7-16(5)21-19)12-17-14(3)10-13(2)11-15(17)4/h10-11,16,18-20H,6-9,12H2,1-5H3. The summed E-state index contributed by atoms with van der Waals surface area (Å²) in [5.41, 5.74) is 5.69. The third-order valence-electron chi connectivity index (χ3n) is 4.63. The van der Waals surface area contributed by atoms with Crippen molar-refractivity contribution in [3.8, 4) is 0 Å². The third-order valence-corrected chi connectivity index (χ3v) is 4.63. The van der Waals surface area contributed by atoms with Crippen molar-refractivity contribution >= 4 is 0 Å². The van der Waals surface area contributed by atoms with E-state index in [9.17, 15) is 0 Å². The van der Waals surface area contributed by atoms with Gasteiger partial charge in [-0.05, 0) is 76.6 Å². The zero-order valence-corrected chi connectivity index (χ0v) is 14.3. The van der Waals surface area contributed by atoms with E-state index in [2.05, 4.69) is 52.1 Å². The van der Waals surface area contributed by atoms with Crippen LogP contribution in [-0.2, 0) is 11.2 Å². The molecule has 1 aliphatic rings. The zero-order valence-electron chi connectivity index (χ0n) is 14.3. The van der Waals surface area contributed by atoms with Gasteiger partial charge in [0.15, 0.2) is 0 Å². The molecule has 21 heavy (non-hydrogen) atoms. The highest BCUT2D eigenvalue weighted by Crippen LogP contribution is 2.26. The fourth-order valence-corrected chi connectivity index (χ4v) is 3.55. The molecular weight excluding hydrogens is 258 g/mol. The van der Waals surface area contributed by atoms with E-state index in [0.717, 1.165) is 13.0 Å². The second kappa shape index (κ2) is 7.42. The molecule has 0 aliphatic carbocycles. The summed E-state index contributed by atoms with van der Waals surface area (Å²) in [4.78, 5) is 0. The summed E-state index contributed by atoms with van der Waals surface area (Å²) < 4.78 is 6.13. The lowest BCUT2D eigenvalue weighted by molar-refractivity contribution is 0.0320. The van der Waals surface area contributed by atoms with Crippen LogP contribution in [0.25, 0.3) is 0 Å². The van der Waals surface area contributed by atoms with Gasteiger partial charge >= 0.3 is 0 Å². The molecule has 0 aromatic heterocycles. The summed E-state index contributed by atoms with van der Waals surface area (Å²) in [5, 5.41) is 3.72. The van der Waals surface area contributed by atoms with Gasteiger partial charge in [-0.3, -0.25) is 0 Å². The molecule has 0 bridgehead atoms. The summed E-state index contributed by atoms with van der Waals surface area (Å²) >= 11 is 0. The second-order valence-corrected chi connectivity index (χ2v) is 6.70. The molecule has 0 spiro atoms. The van der Waals surface area contributed by atoms with Gasteiger partial charge in [-0.25, -0.2) is 0 Å². The summed E-state index contributed by atoms with van der Waals surface area (Å²) in [6, 6.07) is 5.05. The highest BCUT2D eigenvalue weighted by molar-refractivity contribution is 5.38. The van der Waals surface area contributed by atoms with E-state index in [0.29, 0.717) is 18.2 Å². The van der Waals surface area contributed by atoms with Gasteiger partial charge < -0.3 is 10.1 Å². The van der Waals surface area contributed by atoms with E-state index in [1.165, 1.54) is 41.5 Å². The lowest BCUT2D eigenvalue weighted by atomic mass is 9.91. The van der Waals surface area contributed by atoms with E-state index in [1.54, 1.807) is 0 Å². The molecule has 1 aromatic carbocycles. The maximum Gasteiger partial charge on any atom is 0.0735 e. The van der Waals surface area contributed by atoms with Crippen molar-refractivity contribution in [1.29, 1.82) is 0 Å². The number of aryl methyl sites for hydroxylation is 3. The van der Waals surface area contributed by atoms with Crippen molar-refractivity contribution in [3.05, 3.63) is 34.4 Å². The van der Waals surface area contributed by atoms with Crippen LogP contribution < -0.4 is 5.32 Å². The molecule has 0 saturated carbocycles. The lowest BCUT2D eigenvalue weighted by Crippen LogP contribution is -2.42. The van der Waals surface area contributed by atoms with Crippen molar-refractivity contribution in [2.45, 2.75) is 78.6 Å². The van der Waals surface area contributed by atoms with Crippen LogP contribution in [0.4, 0.5) is 0 Å². The Labute approximate surface area is 130 Å². The van der Waals surface area contributed by atoms with E-state index < -0.39 is 0 Å². The number of nitrogens with one attached hydrogen (secondary N) is 1. The fraction of sp³-hybridized carbons (Fsp3) is 0.684. The van der Waals surface area contributed by atoms with Crippen molar-refractivity contribution < 1.29 is 4.74 Å². The molecular formula is C19H31NO. The maximum atomic E-state index is 6.13. The van der Waals surface area contributed by atoms with Gasteiger partial charge in [0.25, 0.3) is 0 Å². The Hall–Kier alpha value is -0.860. The quantitative estimate of drug-likeness (QED) is 0.851. The molecule has 1 aliphatic heterocycles. The first-order chi connectivity index (χ1) is 10.0. The van der Waals surface area contributed by atoms with Gasteiger partial charge in [-0.2, -0.15) is 0 Å². The average Bonchev–Trinajstić information content (AvgIpc) is 2.83. The first kappa shape index (κ1) is 16.5. The largest absolute Gasteiger partial charge is 0.374 e. The van der Waals surface area contributed by atoms with Gasteiger partial charge in [0, 0.05) is 6.04 Å². The number of hydrogen-bond donors (Lipinski definition) is 1. The van der Waals surface area contributed by atoms with Gasteiger partial charge in [0.2, 0.25) is 0 Å². The molecule has 1 N–H and O–H groups in total. The Bertz CT molecular complexity index is 446. The summed E-state index contributed by atoms with van der Waals surface area (Å²) in [5.74, 6) is 0. The smallest absolute Gasteiger partial charge is 0.0735 e. The van der Waals surface area contributed by atoms with Gasteiger partial charge in [-0.1, -0.05) is 24.6 Å². The van der Waals surface area contributed by atoms with Crippen LogP contribution in [0.1, 0.15) is 55.4 Å². The van der Waals surface area contributed by atoms with Crippen LogP contribution >= 0.6 is 0 Å². The molecule has 1 aromatic rings. The van der Waals surface area contributed by atoms with Crippen LogP contribution in [0.15, 0.2) is 12.1 Å². The second-order valence-electron chi connectivity index (χ2n) is 6.70. The number of rotatable bonds is 6. The van der Waals surface area contributed by atoms with Gasteiger partial charge in [-0.15, -0.1) is 0 Å². The first-order valence-corrected chi connectivity index (χ1v) is 8.46. The Balaban J connectivity index is 2.14. The molecule has 0 radical (unpaired) electrons. The van der Waals surface area contributed by atoms with Crippen molar-refractivity contribution in [2.24, 2.45) is 0 Å². The summed E-state index contributed by atoms with van der Waals surface area (Å²) in [6.45, 7) is 12.2. The number of ether oxygens (including phenoxy) is 1. The molecule has 3 unspecified atom stereocenters.